The second-order valence-corrected chi connectivity index (χ2v) is 9.34. The fraction of sp³-hybridized carbons (Fsp3) is 0.167. The second-order valence-electron chi connectivity index (χ2n) is 3.99. The maximum absolute atomic E-state index is 12.4. The van der Waals surface area contributed by atoms with E-state index in [9.17, 15) is 8.42 Å². The van der Waals surface area contributed by atoms with E-state index < -0.39 is 10.0 Å². The van der Waals surface area contributed by atoms with Crippen LogP contribution in [0.5, 0.6) is 0 Å². The number of hydrogen-bond donors (Lipinski definition) is 2. The molecule has 2 N–H and O–H groups in total. The zero-order valence-corrected chi connectivity index (χ0v) is 15.9. The third-order valence-corrected chi connectivity index (χ3v) is 6.80. The van der Waals surface area contributed by atoms with Crippen LogP contribution in [0.3, 0.4) is 0 Å². The van der Waals surface area contributed by atoms with Gasteiger partial charge in [-0.2, -0.15) is 0 Å². The summed E-state index contributed by atoms with van der Waals surface area (Å²) in [5.74, 6) is 0. The van der Waals surface area contributed by atoms with Crippen molar-refractivity contribution in [2.24, 2.45) is 0 Å². The normalized spacial score (nSPS) is 11.6. The Hall–Kier alpha value is -0.160. The van der Waals surface area contributed by atoms with Crippen molar-refractivity contribution in [3.63, 3.8) is 0 Å². The minimum absolute atomic E-state index is 0.270. The van der Waals surface area contributed by atoms with E-state index in [-0.39, 0.29) is 4.90 Å². The molecule has 0 saturated heterocycles. The molecule has 2 rings (SSSR count). The minimum Gasteiger partial charge on any atom is -0.315 e. The van der Waals surface area contributed by atoms with E-state index in [1.165, 1.54) is 11.3 Å². The smallest absolute Gasteiger partial charge is 0.263 e. The average molecular weight is 487 g/mol. The van der Waals surface area contributed by atoms with Crippen molar-refractivity contribution in [2.75, 3.05) is 11.8 Å². The SMILES string of the molecule is CNCc1cc(S(=O)(=O)Nc2ccc(I)cc2)c(Br)s1. The van der Waals surface area contributed by atoms with Crippen LogP contribution in [0, 0.1) is 3.57 Å². The van der Waals surface area contributed by atoms with Crippen molar-refractivity contribution in [1.82, 2.24) is 5.32 Å². The van der Waals surface area contributed by atoms with Gasteiger partial charge in [-0.15, -0.1) is 11.3 Å². The summed E-state index contributed by atoms with van der Waals surface area (Å²) in [5.41, 5.74) is 0.554. The van der Waals surface area contributed by atoms with Gasteiger partial charge in [0.15, 0.2) is 0 Å². The second kappa shape index (κ2) is 6.73. The van der Waals surface area contributed by atoms with Crippen LogP contribution in [0.15, 0.2) is 39.0 Å². The number of anilines is 1. The third kappa shape index (κ3) is 3.94. The molecule has 0 bridgehead atoms. The lowest BCUT2D eigenvalue weighted by molar-refractivity contribution is 0.601. The quantitative estimate of drug-likeness (QED) is 0.634. The van der Waals surface area contributed by atoms with E-state index >= 15 is 0 Å². The molecule has 0 amide bonds. The third-order valence-electron chi connectivity index (χ3n) is 2.44. The fourth-order valence-electron chi connectivity index (χ4n) is 1.57. The molecule has 2 aromatic rings. The molecule has 1 heterocycles. The summed E-state index contributed by atoms with van der Waals surface area (Å²) in [4.78, 5) is 1.23. The van der Waals surface area contributed by atoms with Crippen molar-refractivity contribution in [3.05, 3.63) is 42.6 Å². The lowest BCUT2D eigenvalue weighted by Gasteiger charge is -2.07. The van der Waals surface area contributed by atoms with Gasteiger partial charge in [-0.3, -0.25) is 4.72 Å². The van der Waals surface area contributed by atoms with Crippen LogP contribution < -0.4 is 10.0 Å². The Bertz CT molecular complexity index is 699. The van der Waals surface area contributed by atoms with Crippen molar-refractivity contribution in [2.45, 2.75) is 11.4 Å². The Labute approximate surface area is 144 Å². The highest BCUT2D eigenvalue weighted by atomic mass is 127. The predicted octanol–water partition coefficient (Wildman–Crippen LogP) is 3.64. The van der Waals surface area contributed by atoms with Gasteiger partial charge >= 0.3 is 0 Å². The van der Waals surface area contributed by atoms with E-state index in [0.717, 1.165) is 8.45 Å². The first-order chi connectivity index (χ1) is 9.42. The van der Waals surface area contributed by atoms with E-state index in [0.29, 0.717) is 16.0 Å². The van der Waals surface area contributed by atoms with Crippen LogP contribution in [-0.2, 0) is 16.6 Å². The first-order valence-electron chi connectivity index (χ1n) is 5.63. The number of thiophene rings is 1. The molecule has 0 fully saturated rings. The molecule has 1 aromatic heterocycles. The van der Waals surface area contributed by atoms with Gasteiger partial charge in [0.05, 0.1) is 3.79 Å². The maximum Gasteiger partial charge on any atom is 0.263 e. The standard InChI is InChI=1S/C12H12BrIN2O2S2/c1-15-7-10-6-11(12(13)19-10)20(17,18)16-9-4-2-8(14)3-5-9/h2-6,15-16H,7H2,1H3. The summed E-state index contributed by atoms with van der Waals surface area (Å²) < 4.78 is 29.0. The van der Waals surface area contributed by atoms with E-state index in [2.05, 4.69) is 48.6 Å². The molecule has 1 aromatic carbocycles. The van der Waals surface area contributed by atoms with Crippen LogP contribution >= 0.6 is 49.9 Å². The Morgan fingerprint density at radius 3 is 2.55 bits per heavy atom. The van der Waals surface area contributed by atoms with E-state index in [1.807, 2.05) is 19.2 Å². The van der Waals surface area contributed by atoms with Crippen molar-refractivity contribution in [3.8, 4) is 0 Å². The first-order valence-corrected chi connectivity index (χ1v) is 9.81. The topological polar surface area (TPSA) is 58.2 Å². The Kier molecular flexibility index (Phi) is 5.46. The molecule has 108 valence electrons. The zero-order valence-electron chi connectivity index (χ0n) is 10.5. The zero-order chi connectivity index (χ0) is 14.8. The molecule has 20 heavy (non-hydrogen) atoms. The summed E-state index contributed by atoms with van der Waals surface area (Å²) in [6, 6.07) is 8.88. The van der Waals surface area contributed by atoms with Crippen molar-refractivity contribution >= 4 is 65.6 Å². The van der Waals surface area contributed by atoms with Gasteiger partial charge in [0, 0.05) is 20.7 Å². The molecule has 8 heteroatoms. The van der Waals surface area contributed by atoms with Crippen LogP contribution in [0.2, 0.25) is 0 Å². The van der Waals surface area contributed by atoms with Crippen LogP contribution in [0.1, 0.15) is 4.88 Å². The molecule has 0 aliphatic heterocycles. The van der Waals surface area contributed by atoms with Crippen LogP contribution in [0.4, 0.5) is 5.69 Å². The van der Waals surface area contributed by atoms with Crippen LogP contribution in [0.25, 0.3) is 0 Å². The number of rotatable bonds is 5. The van der Waals surface area contributed by atoms with E-state index in [1.54, 1.807) is 18.2 Å². The van der Waals surface area contributed by atoms with Gasteiger partial charge in [-0.25, -0.2) is 8.42 Å². The monoisotopic (exact) mass is 486 g/mol. The van der Waals surface area contributed by atoms with Gasteiger partial charge in [0.2, 0.25) is 0 Å². The lowest BCUT2D eigenvalue weighted by Crippen LogP contribution is -2.12. The van der Waals surface area contributed by atoms with Gasteiger partial charge in [-0.05, 0) is 75.9 Å². The summed E-state index contributed by atoms with van der Waals surface area (Å²) in [6.45, 7) is 0.641. The largest absolute Gasteiger partial charge is 0.315 e. The molecule has 4 nitrogen and oxygen atoms in total. The number of nitrogens with one attached hydrogen (secondary N) is 2. The van der Waals surface area contributed by atoms with Crippen molar-refractivity contribution in [1.29, 1.82) is 0 Å². The number of halogens is 2. The number of sulfonamides is 1. The fourth-order valence-corrected chi connectivity index (χ4v) is 5.68. The highest BCUT2D eigenvalue weighted by Crippen LogP contribution is 2.32. The first kappa shape index (κ1) is 16.2. The van der Waals surface area contributed by atoms with E-state index in [4.69, 9.17) is 0 Å². The summed E-state index contributed by atoms with van der Waals surface area (Å²) in [5, 5.41) is 3.01. The summed E-state index contributed by atoms with van der Waals surface area (Å²) in [6.07, 6.45) is 0. The Morgan fingerprint density at radius 1 is 1.30 bits per heavy atom. The molecule has 0 aliphatic rings. The molecule has 0 unspecified atom stereocenters. The molecule has 0 atom stereocenters. The van der Waals surface area contributed by atoms with Crippen molar-refractivity contribution < 1.29 is 8.42 Å². The van der Waals surface area contributed by atoms with Gasteiger partial charge < -0.3 is 5.32 Å². The minimum atomic E-state index is -3.57. The van der Waals surface area contributed by atoms with Gasteiger partial charge in [0.25, 0.3) is 10.0 Å². The number of benzene rings is 1. The molecular weight excluding hydrogens is 475 g/mol. The maximum atomic E-state index is 12.4. The Balaban J connectivity index is 2.28. The predicted molar refractivity (Wildman–Crippen MR) is 94.8 cm³/mol. The molecule has 0 aliphatic carbocycles. The lowest BCUT2D eigenvalue weighted by atomic mass is 10.3. The summed E-state index contributed by atoms with van der Waals surface area (Å²) >= 11 is 6.90. The Morgan fingerprint density at radius 2 is 1.95 bits per heavy atom. The summed E-state index contributed by atoms with van der Waals surface area (Å²) in [7, 11) is -1.75. The van der Waals surface area contributed by atoms with Gasteiger partial charge in [0.1, 0.15) is 4.90 Å². The molecular formula is C12H12BrIN2O2S2. The molecule has 0 spiro atoms. The van der Waals surface area contributed by atoms with Gasteiger partial charge in [-0.1, -0.05) is 0 Å². The number of hydrogen-bond acceptors (Lipinski definition) is 4. The highest BCUT2D eigenvalue weighted by Gasteiger charge is 2.20. The van der Waals surface area contributed by atoms with Crippen LogP contribution in [-0.4, -0.2) is 15.5 Å². The molecule has 0 radical (unpaired) electrons. The average Bonchev–Trinajstić information content (AvgIpc) is 2.74. The highest BCUT2D eigenvalue weighted by molar-refractivity contribution is 14.1. The molecule has 0 saturated carbocycles.